The first-order valence-corrected chi connectivity index (χ1v) is 4.80. The fourth-order valence-electron chi connectivity index (χ4n) is 1.36. The number of hydrogen-bond donors (Lipinski definition) is 0. The third-order valence-electron chi connectivity index (χ3n) is 2.16. The molecule has 0 saturated heterocycles. The molecular formula is C12H15NO. The average Bonchev–Trinajstić information content (AvgIpc) is 2.19. The number of allylic oxidation sites excluding steroid dienone is 2. The number of aromatic nitrogens is 1. The van der Waals surface area contributed by atoms with E-state index in [1.165, 1.54) is 0 Å². The van der Waals surface area contributed by atoms with Crippen molar-refractivity contribution >= 4 is 5.78 Å². The van der Waals surface area contributed by atoms with Gasteiger partial charge in [0, 0.05) is 18.0 Å². The number of aryl methyl sites for hydroxylation is 1. The molecule has 0 aromatic carbocycles. The van der Waals surface area contributed by atoms with Gasteiger partial charge in [-0.3, -0.25) is 9.78 Å². The summed E-state index contributed by atoms with van der Waals surface area (Å²) in [5.74, 6) is 0.0891. The molecule has 0 spiro atoms. The third kappa shape index (κ3) is 2.28. The lowest BCUT2D eigenvalue weighted by molar-refractivity contribution is 0.103. The molecule has 2 nitrogen and oxygen atoms in total. The van der Waals surface area contributed by atoms with E-state index >= 15 is 0 Å². The molecule has 0 aliphatic heterocycles. The maximum absolute atomic E-state index is 11.9. The van der Waals surface area contributed by atoms with Crippen molar-refractivity contribution in [3.8, 4) is 0 Å². The van der Waals surface area contributed by atoms with Crippen LogP contribution < -0.4 is 0 Å². The number of hydrogen-bond acceptors (Lipinski definition) is 2. The van der Waals surface area contributed by atoms with Crippen LogP contribution in [0.4, 0.5) is 0 Å². The monoisotopic (exact) mass is 189 g/mol. The van der Waals surface area contributed by atoms with Crippen molar-refractivity contribution in [3.05, 3.63) is 41.2 Å². The summed E-state index contributed by atoms with van der Waals surface area (Å²) >= 11 is 0. The molecule has 0 aliphatic rings. The van der Waals surface area contributed by atoms with Crippen molar-refractivity contribution in [2.24, 2.45) is 0 Å². The molecule has 0 aliphatic carbocycles. The molecule has 0 fully saturated rings. The second-order valence-electron chi connectivity index (χ2n) is 3.25. The summed E-state index contributed by atoms with van der Waals surface area (Å²) in [5.41, 5.74) is 2.54. The standard InChI is InChI=1S/C12H15NO/c1-4-10(5-2)12(14)11-6-9(3)7-13-8-11/h4,6-8H,5H2,1-3H3/b10-4-. The van der Waals surface area contributed by atoms with E-state index in [1.807, 2.05) is 32.9 Å². The molecule has 1 aromatic heterocycles. The molecule has 0 unspecified atom stereocenters. The number of ketones is 1. The van der Waals surface area contributed by atoms with Gasteiger partial charge in [-0.2, -0.15) is 0 Å². The van der Waals surface area contributed by atoms with E-state index in [0.29, 0.717) is 5.56 Å². The average molecular weight is 189 g/mol. The molecule has 1 rings (SSSR count). The molecule has 0 saturated carbocycles. The lowest BCUT2D eigenvalue weighted by Gasteiger charge is -2.03. The van der Waals surface area contributed by atoms with Gasteiger partial charge in [0.05, 0.1) is 0 Å². The van der Waals surface area contributed by atoms with Gasteiger partial charge >= 0.3 is 0 Å². The van der Waals surface area contributed by atoms with Gasteiger partial charge in [0.15, 0.2) is 5.78 Å². The first-order chi connectivity index (χ1) is 6.69. The van der Waals surface area contributed by atoms with Gasteiger partial charge in [-0.25, -0.2) is 0 Å². The van der Waals surface area contributed by atoms with Crippen LogP contribution in [-0.2, 0) is 0 Å². The van der Waals surface area contributed by atoms with Crippen LogP contribution >= 0.6 is 0 Å². The molecule has 1 aromatic rings. The molecule has 0 radical (unpaired) electrons. The van der Waals surface area contributed by atoms with Gasteiger partial charge in [0.2, 0.25) is 0 Å². The van der Waals surface area contributed by atoms with Gasteiger partial charge in [-0.05, 0) is 37.5 Å². The van der Waals surface area contributed by atoms with Crippen LogP contribution in [0.5, 0.6) is 0 Å². The maximum atomic E-state index is 11.9. The Bertz CT molecular complexity index is 366. The number of nitrogens with zero attached hydrogens (tertiary/aromatic N) is 1. The van der Waals surface area contributed by atoms with Crippen LogP contribution in [-0.4, -0.2) is 10.8 Å². The highest BCUT2D eigenvalue weighted by molar-refractivity contribution is 6.08. The highest BCUT2D eigenvalue weighted by atomic mass is 16.1. The minimum atomic E-state index is 0.0891. The topological polar surface area (TPSA) is 30.0 Å². The molecule has 1 heterocycles. The number of rotatable bonds is 3. The minimum absolute atomic E-state index is 0.0891. The van der Waals surface area contributed by atoms with Gasteiger partial charge in [-0.1, -0.05) is 13.0 Å². The number of carbonyl (C=O) groups is 1. The largest absolute Gasteiger partial charge is 0.289 e. The highest BCUT2D eigenvalue weighted by Gasteiger charge is 2.09. The number of carbonyl (C=O) groups excluding carboxylic acids is 1. The van der Waals surface area contributed by atoms with Crippen molar-refractivity contribution in [1.29, 1.82) is 0 Å². The second-order valence-corrected chi connectivity index (χ2v) is 3.25. The van der Waals surface area contributed by atoms with E-state index in [-0.39, 0.29) is 5.78 Å². The van der Waals surface area contributed by atoms with E-state index in [9.17, 15) is 4.79 Å². The molecule has 0 atom stereocenters. The van der Waals surface area contributed by atoms with Crippen LogP contribution in [0, 0.1) is 6.92 Å². The van der Waals surface area contributed by atoms with Crippen LogP contribution in [0.25, 0.3) is 0 Å². The van der Waals surface area contributed by atoms with E-state index < -0.39 is 0 Å². The van der Waals surface area contributed by atoms with E-state index in [4.69, 9.17) is 0 Å². The molecule has 0 N–H and O–H groups in total. The van der Waals surface area contributed by atoms with Crippen LogP contribution in [0.15, 0.2) is 30.1 Å². The lowest BCUT2D eigenvalue weighted by Crippen LogP contribution is -2.03. The molecule has 14 heavy (non-hydrogen) atoms. The number of Topliss-reactive ketones (excluding diaryl/α,β-unsaturated/α-hetero) is 1. The zero-order chi connectivity index (χ0) is 10.6. The summed E-state index contributed by atoms with van der Waals surface area (Å²) in [5, 5.41) is 0. The Morgan fingerprint density at radius 2 is 2.21 bits per heavy atom. The van der Waals surface area contributed by atoms with E-state index in [1.54, 1.807) is 12.4 Å². The summed E-state index contributed by atoms with van der Waals surface area (Å²) in [6.45, 7) is 5.81. The summed E-state index contributed by atoms with van der Waals surface area (Å²) in [6.07, 6.45) is 6.00. The number of pyridine rings is 1. The summed E-state index contributed by atoms with van der Waals surface area (Å²) in [7, 11) is 0. The quantitative estimate of drug-likeness (QED) is 0.540. The van der Waals surface area contributed by atoms with Gasteiger partial charge in [0.25, 0.3) is 0 Å². The summed E-state index contributed by atoms with van der Waals surface area (Å²) in [4.78, 5) is 15.9. The zero-order valence-electron chi connectivity index (χ0n) is 8.87. The predicted octanol–water partition coefficient (Wildman–Crippen LogP) is 2.93. The molecule has 0 amide bonds. The Balaban J connectivity index is 3.00. The van der Waals surface area contributed by atoms with Crippen molar-refractivity contribution in [2.75, 3.05) is 0 Å². The molecule has 74 valence electrons. The SMILES string of the molecule is C/C=C(/CC)C(=O)c1cncc(C)c1. The summed E-state index contributed by atoms with van der Waals surface area (Å²) in [6, 6.07) is 1.87. The van der Waals surface area contributed by atoms with Crippen molar-refractivity contribution in [3.63, 3.8) is 0 Å². The van der Waals surface area contributed by atoms with Crippen LogP contribution in [0.2, 0.25) is 0 Å². The van der Waals surface area contributed by atoms with Gasteiger partial charge in [0.1, 0.15) is 0 Å². The lowest BCUT2D eigenvalue weighted by atomic mass is 10.0. The molecular weight excluding hydrogens is 174 g/mol. The normalized spacial score (nSPS) is 11.5. The van der Waals surface area contributed by atoms with Crippen LogP contribution in [0.3, 0.4) is 0 Å². The fourth-order valence-corrected chi connectivity index (χ4v) is 1.36. The zero-order valence-corrected chi connectivity index (χ0v) is 8.87. The fraction of sp³-hybridized carbons (Fsp3) is 0.333. The van der Waals surface area contributed by atoms with E-state index in [0.717, 1.165) is 17.6 Å². The molecule has 2 heteroatoms. The highest BCUT2D eigenvalue weighted by Crippen LogP contribution is 2.11. The first kappa shape index (κ1) is 10.6. The maximum Gasteiger partial charge on any atom is 0.190 e. The van der Waals surface area contributed by atoms with Gasteiger partial charge in [-0.15, -0.1) is 0 Å². The molecule has 0 bridgehead atoms. The summed E-state index contributed by atoms with van der Waals surface area (Å²) < 4.78 is 0. The minimum Gasteiger partial charge on any atom is -0.289 e. The van der Waals surface area contributed by atoms with Crippen molar-refractivity contribution in [2.45, 2.75) is 27.2 Å². The second kappa shape index (κ2) is 4.70. The van der Waals surface area contributed by atoms with Crippen LogP contribution in [0.1, 0.15) is 36.2 Å². The Hall–Kier alpha value is -1.44. The first-order valence-electron chi connectivity index (χ1n) is 4.80. The smallest absolute Gasteiger partial charge is 0.190 e. The predicted molar refractivity (Wildman–Crippen MR) is 57.4 cm³/mol. The Morgan fingerprint density at radius 1 is 1.50 bits per heavy atom. The Kier molecular flexibility index (Phi) is 3.57. The van der Waals surface area contributed by atoms with E-state index in [2.05, 4.69) is 4.98 Å². The third-order valence-corrected chi connectivity index (χ3v) is 2.16. The Labute approximate surface area is 84.7 Å². The Morgan fingerprint density at radius 3 is 2.71 bits per heavy atom. The van der Waals surface area contributed by atoms with Crippen molar-refractivity contribution < 1.29 is 4.79 Å². The van der Waals surface area contributed by atoms with Crippen molar-refractivity contribution in [1.82, 2.24) is 4.98 Å². The van der Waals surface area contributed by atoms with Gasteiger partial charge < -0.3 is 0 Å².